The van der Waals surface area contributed by atoms with E-state index in [0.29, 0.717) is 30.9 Å². The molecule has 1 fully saturated rings. The Labute approximate surface area is 241 Å². The average Bonchev–Trinajstić information content (AvgIpc) is 2.99. The minimum absolute atomic E-state index is 0.0164. The van der Waals surface area contributed by atoms with Gasteiger partial charge in [-0.1, -0.05) is 60.7 Å². The number of carboxylic acid groups (broad SMARTS) is 1. The second-order valence-electron chi connectivity index (χ2n) is 10.00. The maximum Gasteiger partial charge on any atom is 0.303 e. The largest absolute Gasteiger partial charge is 0.493 e. The van der Waals surface area contributed by atoms with E-state index in [4.69, 9.17) is 14.6 Å². The molecule has 3 aromatic carbocycles. The van der Waals surface area contributed by atoms with Crippen molar-refractivity contribution in [2.24, 2.45) is 0 Å². The quantitative estimate of drug-likeness (QED) is 0.266. The van der Waals surface area contributed by atoms with Gasteiger partial charge in [-0.25, -0.2) is 8.42 Å². The van der Waals surface area contributed by atoms with E-state index in [1.54, 1.807) is 66.7 Å². The molecule has 1 aliphatic rings. The van der Waals surface area contributed by atoms with E-state index in [9.17, 15) is 18.3 Å². The summed E-state index contributed by atoms with van der Waals surface area (Å²) in [4.78, 5) is 11.1. The molecule has 0 radical (unpaired) electrons. The van der Waals surface area contributed by atoms with Gasteiger partial charge in [-0.05, 0) is 67.1 Å². The van der Waals surface area contributed by atoms with Crippen LogP contribution in [0.4, 0.5) is 5.69 Å². The lowest BCUT2D eigenvalue weighted by molar-refractivity contribution is -0.136. The molecule has 1 heterocycles. The Morgan fingerprint density at radius 2 is 1.83 bits per heavy atom. The zero-order chi connectivity index (χ0) is 29.1. The standard InChI is InChI=1S/C32H37NO7S/c34-28(20-22-40-31-15-5-4-10-26(31)17-19-32(35)36)18-16-25-9-8-11-27(23-25)33(24-29-12-6-7-21-39-29)41(37,38)30-13-2-1-3-14-30/h1-5,8-11,13-16,18,23,28-29,34H,6-7,12,17,19-22,24H2,(H,35,36)/b18-16+. The fourth-order valence-corrected chi connectivity index (χ4v) is 6.19. The van der Waals surface area contributed by atoms with Crippen molar-refractivity contribution in [3.8, 4) is 5.75 Å². The van der Waals surface area contributed by atoms with E-state index in [0.717, 1.165) is 30.4 Å². The van der Waals surface area contributed by atoms with Gasteiger partial charge in [0.05, 0.1) is 35.9 Å². The number of nitrogens with zero attached hydrogens (tertiary/aromatic N) is 1. The second-order valence-corrected chi connectivity index (χ2v) is 11.9. The van der Waals surface area contributed by atoms with Crippen molar-refractivity contribution in [2.45, 2.75) is 55.6 Å². The van der Waals surface area contributed by atoms with Crippen molar-refractivity contribution in [2.75, 3.05) is 24.1 Å². The number of para-hydroxylation sites is 1. The maximum absolute atomic E-state index is 13.7. The molecule has 41 heavy (non-hydrogen) atoms. The number of aliphatic hydroxyl groups excluding tert-OH is 1. The molecule has 4 rings (SSSR count). The molecule has 3 aromatic rings. The van der Waals surface area contributed by atoms with Crippen molar-refractivity contribution < 1.29 is 32.9 Å². The summed E-state index contributed by atoms with van der Waals surface area (Å²) in [5.74, 6) is -0.258. The fraction of sp³-hybridized carbons (Fsp3) is 0.344. The highest BCUT2D eigenvalue weighted by Crippen LogP contribution is 2.27. The van der Waals surface area contributed by atoms with Crippen LogP contribution in [-0.4, -0.2) is 56.6 Å². The third kappa shape index (κ3) is 8.91. The Balaban J connectivity index is 1.43. The number of rotatable bonds is 14. The first kappa shape index (κ1) is 30.3. The molecule has 8 nitrogen and oxygen atoms in total. The molecule has 1 aliphatic heterocycles. The lowest BCUT2D eigenvalue weighted by Crippen LogP contribution is -2.40. The van der Waals surface area contributed by atoms with E-state index >= 15 is 0 Å². The van der Waals surface area contributed by atoms with Crippen LogP contribution in [-0.2, 0) is 26.0 Å². The van der Waals surface area contributed by atoms with Crippen molar-refractivity contribution in [1.82, 2.24) is 0 Å². The highest BCUT2D eigenvalue weighted by Gasteiger charge is 2.29. The molecule has 0 aliphatic carbocycles. The molecule has 1 saturated heterocycles. The first-order valence-electron chi connectivity index (χ1n) is 13.9. The number of carbonyl (C=O) groups is 1. The molecule has 218 valence electrons. The summed E-state index contributed by atoms with van der Waals surface area (Å²) in [6.45, 7) is 1.10. The van der Waals surface area contributed by atoms with Gasteiger partial charge in [0, 0.05) is 19.4 Å². The smallest absolute Gasteiger partial charge is 0.303 e. The summed E-state index contributed by atoms with van der Waals surface area (Å²) in [5, 5.41) is 19.5. The van der Waals surface area contributed by atoms with E-state index < -0.39 is 22.1 Å². The van der Waals surface area contributed by atoms with Crippen LogP contribution in [0.3, 0.4) is 0 Å². The van der Waals surface area contributed by atoms with Gasteiger partial charge < -0.3 is 19.7 Å². The summed E-state index contributed by atoms with van der Waals surface area (Å²) in [6, 6.07) is 22.9. The normalized spacial score (nSPS) is 16.4. The van der Waals surface area contributed by atoms with Crippen LogP contribution in [0.15, 0.2) is 89.8 Å². The predicted molar refractivity (Wildman–Crippen MR) is 159 cm³/mol. The number of hydrogen-bond acceptors (Lipinski definition) is 6. The maximum atomic E-state index is 13.7. The number of benzene rings is 3. The van der Waals surface area contributed by atoms with Crippen molar-refractivity contribution in [3.05, 3.63) is 96.1 Å². The van der Waals surface area contributed by atoms with E-state index in [1.807, 2.05) is 24.3 Å². The van der Waals surface area contributed by atoms with Gasteiger partial charge in [-0.15, -0.1) is 0 Å². The van der Waals surface area contributed by atoms with Crippen molar-refractivity contribution >= 4 is 27.8 Å². The zero-order valence-electron chi connectivity index (χ0n) is 23.0. The average molecular weight is 580 g/mol. The molecule has 0 aromatic heterocycles. The number of sulfonamides is 1. The van der Waals surface area contributed by atoms with Gasteiger partial charge in [-0.3, -0.25) is 9.10 Å². The first-order chi connectivity index (χ1) is 19.8. The molecule has 2 N–H and O–H groups in total. The Bertz CT molecular complexity index is 1400. The molecule has 0 saturated carbocycles. The Morgan fingerprint density at radius 1 is 1.05 bits per heavy atom. The summed E-state index contributed by atoms with van der Waals surface area (Å²) >= 11 is 0. The van der Waals surface area contributed by atoms with Gasteiger partial charge in [0.25, 0.3) is 10.0 Å². The SMILES string of the molecule is O=C(O)CCc1ccccc1OCCC(O)/C=C/c1cccc(N(CC2CCCCO2)S(=O)(=O)c2ccccc2)c1. The molecular formula is C32H37NO7S. The highest BCUT2D eigenvalue weighted by atomic mass is 32.2. The molecular weight excluding hydrogens is 542 g/mol. The van der Waals surface area contributed by atoms with Crippen molar-refractivity contribution in [1.29, 1.82) is 0 Å². The number of hydrogen-bond donors (Lipinski definition) is 2. The number of aliphatic carboxylic acids is 1. The molecule has 0 spiro atoms. The van der Waals surface area contributed by atoms with Gasteiger partial charge in [0.15, 0.2) is 0 Å². The molecule has 0 amide bonds. The van der Waals surface area contributed by atoms with Crippen LogP contribution >= 0.6 is 0 Å². The van der Waals surface area contributed by atoms with Gasteiger partial charge in [-0.2, -0.15) is 0 Å². The van der Waals surface area contributed by atoms with Crippen LogP contribution in [0.25, 0.3) is 6.08 Å². The van der Waals surface area contributed by atoms with Crippen molar-refractivity contribution in [3.63, 3.8) is 0 Å². The van der Waals surface area contributed by atoms with Crippen LogP contribution in [0, 0.1) is 0 Å². The van der Waals surface area contributed by atoms with E-state index in [1.165, 1.54) is 4.31 Å². The van der Waals surface area contributed by atoms with Crippen LogP contribution in [0.5, 0.6) is 5.75 Å². The minimum atomic E-state index is -3.82. The summed E-state index contributed by atoms with van der Waals surface area (Å²) < 4.78 is 40.5. The number of anilines is 1. The number of ether oxygens (including phenoxy) is 2. The third-order valence-corrected chi connectivity index (χ3v) is 8.70. The van der Waals surface area contributed by atoms with Crippen LogP contribution < -0.4 is 9.04 Å². The van der Waals surface area contributed by atoms with Crippen LogP contribution in [0.1, 0.15) is 43.2 Å². The molecule has 2 atom stereocenters. The van der Waals surface area contributed by atoms with E-state index in [-0.39, 0.29) is 30.6 Å². The third-order valence-electron chi connectivity index (χ3n) is 6.90. The predicted octanol–water partition coefficient (Wildman–Crippen LogP) is 5.31. The van der Waals surface area contributed by atoms with E-state index in [2.05, 4.69) is 0 Å². The number of carboxylic acids is 1. The lowest BCUT2D eigenvalue weighted by Gasteiger charge is -2.31. The minimum Gasteiger partial charge on any atom is -0.493 e. The highest BCUT2D eigenvalue weighted by molar-refractivity contribution is 7.92. The Kier molecular flexibility index (Phi) is 11.0. The van der Waals surface area contributed by atoms with Gasteiger partial charge >= 0.3 is 5.97 Å². The molecule has 9 heteroatoms. The Morgan fingerprint density at radius 3 is 2.59 bits per heavy atom. The lowest BCUT2D eigenvalue weighted by atomic mass is 10.1. The number of aryl methyl sites for hydroxylation is 1. The number of aliphatic hydroxyl groups is 1. The summed E-state index contributed by atoms with van der Waals surface area (Å²) in [7, 11) is -3.82. The zero-order valence-corrected chi connectivity index (χ0v) is 23.8. The summed E-state index contributed by atoms with van der Waals surface area (Å²) in [6.07, 6.45) is 5.95. The summed E-state index contributed by atoms with van der Waals surface area (Å²) in [5.41, 5.74) is 2.09. The fourth-order valence-electron chi connectivity index (χ4n) is 4.68. The van der Waals surface area contributed by atoms with Gasteiger partial charge in [0.2, 0.25) is 0 Å². The second kappa shape index (κ2) is 14.8. The Hall–Kier alpha value is -3.66. The van der Waals surface area contributed by atoms with Crippen LogP contribution in [0.2, 0.25) is 0 Å². The van der Waals surface area contributed by atoms with Gasteiger partial charge in [0.1, 0.15) is 5.75 Å². The first-order valence-corrected chi connectivity index (χ1v) is 15.3. The molecule has 2 unspecified atom stereocenters. The monoisotopic (exact) mass is 579 g/mol. The topological polar surface area (TPSA) is 113 Å². The molecule has 0 bridgehead atoms.